The summed E-state index contributed by atoms with van der Waals surface area (Å²) in [5.74, 6) is -2.38. The molecular formula is C22H19F6NO4. The van der Waals surface area contributed by atoms with E-state index in [2.05, 4.69) is 0 Å². The molecule has 2 fully saturated rings. The van der Waals surface area contributed by atoms with Crippen LogP contribution in [0.1, 0.15) is 12.8 Å². The zero-order valence-corrected chi connectivity index (χ0v) is 16.9. The van der Waals surface area contributed by atoms with Gasteiger partial charge in [0.2, 0.25) is 0 Å². The van der Waals surface area contributed by atoms with Gasteiger partial charge in [-0.3, -0.25) is 0 Å². The van der Waals surface area contributed by atoms with Crippen molar-refractivity contribution in [3.8, 4) is 17.2 Å². The summed E-state index contributed by atoms with van der Waals surface area (Å²) in [6.07, 6.45) is -13.9. The van der Waals surface area contributed by atoms with E-state index in [4.69, 9.17) is 14.6 Å². The molecule has 1 saturated carbocycles. The predicted molar refractivity (Wildman–Crippen MR) is 103 cm³/mol. The molecule has 1 N–H and O–H groups in total. The number of hydrogen-bond acceptors (Lipinski definition) is 3. The molecule has 1 amide bonds. The number of benzene rings is 2. The van der Waals surface area contributed by atoms with Gasteiger partial charge in [-0.25, -0.2) is 4.79 Å². The lowest BCUT2D eigenvalue weighted by Gasteiger charge is -2.65. The number of ether oxygens (including phenoxy) is 2. The van der Waals surface area contributed by atoms with E-state index in [1.807, 2.05) is 6.07 Å². The van der Waals surface area contributed by atoms with Crippen molar-refractivity contribution < 1.29 is 45.7 Å². The number of halogens is 6. The monoisotopic (exact) mass is 475 g/mol. The Balaban J connectivity index is 1.46. The largest absolute Gasteiger partial charge is 0.490 e. The number of carbonyl (C=O) groups is 1. The van der Waals surface area contributed by atoms with E-state index in [9.17, 15) is 31.1 Å². The van der Waals surface area contributed by atoms with Crippen molar-refractivity contribution in [1.29, 1.82) is 0 Å². The molecule has 178 valence electrons. The number of hydrogen-bond donors (Lipinski definition) is 1. The van der Waals surface area contributed by atoms with Gasteiger partial charge in [-0.1, -0.05) is 24.3 Å². The molecule has 1 aliphatic carbocycles. The molecule has 33 heavy (non-hydrogen) atoms. The van der Waals surface area contributed by atoms with Crippen molar-refractivity contribution in [3.05, 3.63) is 54.6 Å². The summed E-state index contributed by atoms with van der Waals surface area (Å²) in [5.41, 5.74) is -1.43. The van der Waals surface area contributed by atoms with Crippen LogP contribution in [0, 0.1) is 11.3 Å². The van der Waals surface area contributed by atoms with Gasteiger partial charge in [-0.05, 0) is 37.1 Å². The fourth-order valence-electron chi connectivity index (χ4n) is 4.74. The van der Waals surface area contributed by atoms with Crippen LogP contribution in [-0.2, 0) is 0 Å². The van der Waals surface area contributed by atoms with E-state index < -0.39 is 48.5 Å². The highest BCUT2D eigenvalue weighted by molar-refractivity contribution is 5.67. The smallest absolute Gasteiger partial charge is 0.407 e. The zero-order valence-electron chi connectivity index (χ0n) is 16.9. The van der Waals surface area contributed by atoms with Crippen LogP contribution in [0.2, 0.25) is 0 Å². The minimum Gasteiger partial charge on any atom is -0.490 e. The second kappa shape index (κ2) is 8.03. The molecule has 5 nitrogen and oxygen atoms in total. The molecule has 2 aromatic carbocycles. The normalized spacial score (nSPS) is 24.9. The van der Waals surface area contributed by atoms with Gasteiger partial charge in [-0.2, -0.15) is 26.3 Å². The van der Waals surface area contributed by atoms with Gasteiger partial charge in [0.1, 0.15) is 23.4 Å². The lowest BCUT2D eigenvalue weighted by atomic mass is 9.53. The molecule has 2 aliphatic rings. The molecule has 0 aromatic heterocycles. The Hall–Kier alpha value is -3.11. The first-order valence-corrected chi connectivity index (χ1v) is 10.0. The number of amides is 1. The van der Waals surface area contributed by atoms with Gasteiger partial charge in [0.05, 0.1) is 6.04 Å². The fraction of sp³-hybridized carbons (Fsp3) is 0.409. The Morgan fingerprint density at radius 2 is 1.52 bits per heavy atom. The third-order valence-corrected chi connectivity index (χ3v) is 6.07. The molecule has 1 unspecified atom stereocenters. The summed E-state index contributed by atoms with van der Waals surface area (Å²) in [6, 6.07) is 13.1. The number of likely N-dealkylation sites (tertiary alicyclic amines) is 1. The van der Waals surface area contributed by atoms with Gasteiger partial charge < -0.3 is 19.5 Å². The third kappa shape index (κ3) is 4.53. The minimum absolute atomic E-state index is 0.117. The summed E-state index contributed by atoms with van der Waals surface area (Å²) in [5, 5.41) is 9.13. The van der Waals surface area contributed by atoms with E-state index in [0.29, 0.717) is 17.2 Å². The van der Waals surface area contributed by atoms with Gasteiger partial charge >= 0.3 is 18.4 Å². The summed E-state index contributed by atoms with van der Waals surface area (Å²) < 4.78 is 91.3. The summed E-state index contributed by atoms with van der Waals surface area (Å²) in [6.45, 7) is -0.396. The van der Waals surface area contributed by atoms with Gasteiger partial charge in [0.25, 0.3) is 0 Å². The maximum absolute atomic E-state index is 13.3. The highest BCUT2D eigenvalue weighted by Gasteiger charge is 2.73. The Kier molecular flexibility index (Phi) is 5.61. The van der Waals surface area contributed by atoms with Crippen molar-refractivity contribution in [1.82, 2.24) is 4.90 Å². The van der Waals surface area contributed by atoms with Crippen LogP contribution in [0.4, 0.5) is 31.1 Å². The van der Waals surface area contributed by atoms with Crippen LogP contribution in [0.5, 0.6) is 17.2 Å². The van der Waals surface area contributed by atoms with Crippen LogP contribution in [-0.4, -0.2) is 47.1 Å². The summed E-state index contributed by atoms with van der Waals surface area (Å²) in [4.78, 5) is 11.5. The Morgan fingerprint density at radius 3 is 2.09 bits per heavy atom. The molecule has 1 atom stereocenters. The second-order valence-corrected chi connectivity index (χ2v) is 8.32. The van der Waals surface area contributed by atoms with E-state index in [1.165, 1.54) is 0 Å². The summed E-state index contributed by atoms with van der Waals surface area (Å²) in [7, 11) is 0. The molecule has 1 spiro atoms. The molecule has 0 bridgehead atoms. The lowest BCUT2D eigenvalue weighted by Crippen LogP contribution is -2.77. The molecule has 0 radical (unpaired) electrons. The maximum Gasteiger partial charge on any atom is 0.407 e. The standard InChI is InChI=1S/C22H19F6NO4/c23-21(24,25)17(22(26,27)28)18-20(12-29(18)19(30)31)10-16(11-20)33-15-8-4-7-14(9-15)32-13-5-2-1-3-6-13/h1-9,16-18H,10-12H2,(H,30,31). The van der Waals surface area contributed by atoms with Crippen LogP contribution < -0.4 is 9.47 Å². The second-order valence-electron chi connectivity index (χ2n) is 8.32. The maximum atomic E-state index is 13.3. The Labute approximate surface area is 184 Å². The van der Waals surface area contributed by atoms with E-state index in [0.717, 1.165) is 0 Å². The average molecular weight is 475 g/mol. The van der Waals surface area contributed by atoms with Crippen LogP contribution in [0.25, 0.3) is 0 Å². The highest BCUT2D eigenvalue weighted by atomic mass is 19.4. The number of nitrogens with zero attached hydrogens (tertiary/aromatic N) is 1. The van der Waals surface area contributed by atoms with Crippen LogP contribution in [0.15, 0.2) is 54.6 Å². The van der Waals surface area contributed by atoms with Crippen LogP contribution in [0.3, 0.4) is 0 Å². The molecular weight excluding hydrogens is 456 g/mol. The quantitative estimate of drug-likeness (QED) is 0.531. The Bertz CT molecular complexity index is 990. The number of carboxylic acid groups (broad SMARTS) is 1. The Morgan fingerprint density at radius 1 is 0.939 bits per heavy atom. The van der Waals surface area contributed by atoms with E-state index in [-0.39, 0.29) is 17.7 Å². The molecule has 1 saturated heterocycles. The van der Waals surface area contributed by atoms with Gasteiger partial charge in [0, 0.05) is 18.0 Å². The number of alkyl halides is 6. The van der Waals surface area contributed by atoms with Gasteiger partial charge in [-0.15, -0.1) is 0 Å². The van der Waals surface area contributed by atoms with E-state index in [1.54, 1.807) is 48.5 Å². The van der Waals surface area contributed by atoms with Crippen molar-refractivity contribution in [2.24, 2.45) is 11.3 Å². The zero-order chi connectivity index (χ0) is 24.0. The lowest BCUT2D eigenvalue weighted by molar-refractivity contribution is -0.331. The fourth-order valence-corrected chi connectivity index (χ4v) is 4.74. The van der Waals surface area contributed by atoms with Crippen molar-refractivity contribution in [2.45, 2.75) is 37.3 Å². The summed E-state index contributed by atoms with van der Waals surface area (Å²) >= 11 is 0. The number of rotatable bonds is 5. The molecule has 11 heteroatoms. The van der Waals surface area contributed by atoms with Crippen molar-refractivity contribution in [2.75, 3.05) is 6.54 Å². The average Bonchev–Trinajstić information content (AvgIpc) is 2.66. The van der Waals surface area contributed by atoms with Crippen LogP contribution >= 0.6 is 0 Å². The molecule has 1 heterocycles. The third-order valence-electron chi connectivity index (χ3n) is 6.07. The SMILES string of the molecule is O=C(O)N1CC2(CC(Oc3cccc(Oc4ccccc4)c3)C2)C1C(C(F)(F)F)C(F)(F)F. The van der Waals surface area contributed by atoms with Crippen molar-refractivity contribution in [3.63, 3.8) is 0 Å². The van der Waals surface area contributed by atoms with E-state index >= 15 is 0 Å². The topological polar surface area (TPSA) is 59.0 Å². The first kappa shape index (κ1) is 23.1. The first-order chi connectivity index (χ1) is 15.4. The first-order valence-electron chi connectivity index (χ1n) is 10.0. The predicted octanol–water partition coefficient (Wildman–Crippen LogP) is 6.11. The molecule has 2 aromatic rings. The van der Waals surface area contributed by atoms with Gasteiger partial charge in [0.15, 0.2) is 5.92 Å². The highest BCUT2D eigenvalue weighted by Crippen LogP contribution is 2.61. The molecule has 1 aliphatic heterocycles. The van der Waals surface area contributed by atoms with Crippen molar-refractivity contribution >= 4 is 6.09 Å². The molecule has 4 rings (SSSR count). The minimum atomic E-state index is -5.63. The number of para-hydroxylation sites is 1.